The Hall–Kier alpha value is -2.01. The highest BCUT2D eigenvalue weighted by Gasteiger charge is 2.04. The normalized spacial score (nSPS) is 10.5. The zero-order valence-electron chi connectivity index (χ0n) is 9.42. The third kappa shape index (κ3) is 4.16. The van der Waals surface area contributed by atoms with E-state index in [1.54, 1.807) is 18.2 Å². The van der Waals surface area contributed by atoms with Crippen molar-refractivity contribution in [1.82, 2.24) is 0 Å². The summed E-state index contributed by atoms with van der Waals surface area (Å²) in [6.45, 7) is 0.102. The zero-order valence-corrected chi connectivity index (χ0v) is 9.42. The lowest BCUT2D eigenvalue weighted by Gasteiger charge is -2.10. The van der Waals surface area contributed by atoms with Crippen LogP contribution in [0.2, 0.25) is 0 Å². The van der Waals surface area contributed by atoms with E-state index in [1.807, 2.05) is 0 Å². The van der Waals surface area contributed by atoms with E-state index in [0.29, 0.717) is 17.1 Å². The predicted molar refractivity (Wildman–Crippen MR) is 62.2 cm³/mol. The second-order valence-corrected chi connectivity index (χ2v) is 3.15. The number of aliphatic hydroxyl groups excluding tert-OH is 1. The van der Waals surface area contributed by atoms with Gasteiger partial charge in [-0.05, 0) is 23.8 Å². The number of carbonyl (C=O) groups is 1. The highest BCUT2D eigenvalue weighted by atomic mass is 16.5. The Morgan fingerprint density at radius 1 is 1.41 bits per heavy atom. The number of hydrogen-bond donors (Lipinski definition) is 2. The van der Waals surface area contributed by atoms with Gasteiger partial charge in [-0.1, -0.05) is 6.07 Å². The minimum atomic E-state index is -1.01. The molecule has 5 nitrogen and oxygen atoms in total. The quantitative estimate of drug-likeness (QED) is 0.727. The molecule has 0 spiro atoms. The lowest BCUT2D eigenvalue weighted by molar-refractivity contribution is -0.131. The third-order valence-corrected chi connectivity index (χ3v) is 1.95. The van der Waals surface area contributed by atoms with Gasteiger partial charge < -0.3 is 19.7 Å². The van der Waals surface area contributed by atoms with Gasteiger partial charge in [-0.3, -0.25) is 0 Å². The molecule has 0 radical (unpaired) electrons. The van der Waals surface area contributed by atoms with Crippen molar-refractivity contribution in [3.05, 3.63) is 29.8 Å². The van der Waals surface area contributed by atoms with Crippen molar-refractivity contribution in [3.8, 4) is 11.5 Å². The summed E-state index contributed by atoms with van der Waals surface area (Å²) >= 11 is 0. The van der Waals surface area contributed by atoms with E-state index >= 15 is 0 Å². The number of benzene rings is 1. The first-order valence-corrected chi connectivity index (χ1v) is 5.00. The molecule has 0 unspecified atom stereocenters. The molecule has 1 rings (SSSR count). The van der Waals surface area contributed by atoms with Crippen LogP contribution in [0.15, 0.2) is 24.3 Å². The van der Waals surface area contributed by atoms with E-state index in [-0.39, 0.29) is 13.2 Å². The SMILES string of the molecule is COc1cc(/C=C/C(=O)O)ccc1OCCO. The largest absolute Gasteiger partial charge is 0.493 e. The van der Waals surface area contributed by atoms with E-state index in [1.165, 1.54) is 13.2 Å². The fourth-order valence-corrected chi connectivity index (χ4v) is 1.23. The molecule has 0 atom stereocenters. The van der Waals surface area contributed by atoms with Crippen LogP contribution in [0, 0.1) is 0 Å². The minimum Gasteiger partial charge on any atom is -0.493 e. The van der Waals surface area contributed by atoms with Gasteiger partial charge >= 0.3 is 5.97 Å². The smallest absolute Gasteiger partial charge is 0.328 e. The van der Waals surface area contributed by atoms with Crippen molar-refractivity contribution in [3.63, 3.8) is 0 Å². The number of methoxy groups -OCH3 is 1. The molecule has 0 amide bonds. The fourth-order valence-electron chi connectivity index (χ4n) is 1.23. The van der Waals surface area contributed by atoms with E-state index in [4.69, 9.17) is 19.7 Å². The van der Waals surface area contributed by atoms with Crippen LogP contribution in [0.4, 0.5) is 0 Å². The average molecular weight is 238 g/mol. The van der Waals surface area contributed by atoms with Crippen LogP contribution in [0.3, 0.4) is 0 Å². The summed E-state index contributed by atoms with van der Waals surface area (Å²) in [5.41, 5.74) is 0.695. The third-order valence-electron chi connectivity index (χ3n) is 1.95. The van der Waals surface area contributed by atoms with Crippen molar-refractivity contribution < 1.29 is 24.5 Å². The Labute approximate surface area is 98.9 Å². The summed E-state index contributed by atoms with van der Waals surface area (Å²) in [6, 6.07) is 5.02. The van der Waals surface area contributed by atoms with E-state index in [2.05, 4.69) is 0 Å². The molecule has 0 aliphatic carbocycles. The van der Waals surface area contributed by atoms with E-state index < -0.39 is 5.97 Å². The van der Waals surface area contributed by atoms with Crippen LogP contribution in [0.25, 0.3) is 6.08 Å². The molecule has 0 aromatic heterocycles. The van der Waals surface area contributed by atoms with Gasteiger partial charge in [-0.25, -0.2) is 4.79 Å². The first-order valence-electron chi connectivity index (χ1n) is 5.00. The van der Waals surface area contributed by atoms with Gasteiger partial charge in [0.2, 0.25) is 0 Å². The highest BCUT2D eigenvalue weighted by Crippen LogP contribution is 2.28. The van der Waals surface area contributed by atoms with Crippen LogP contribution in [-0.2, 0) is 4.79 Å². The molecular weight excluding hydrogens is 224 g/mol. The van der Waals surface area contributed by atoms with Crippen LogP contribution >= 0.6 is 0 Å². The van der Waals surface area contributed by atoms with Crippen molar-refractivity contribution in [2.75, 3.05) is 20.3 Å². The van der Waals surface area contributed by atoms with Crippen molar-refractivity contribution in [2.24, 2.45) is 0 Å². The summed E-state index contributed by atoms with van der Waals surface area (Å²) in [5, 5.41) is 17.2. The summed E-state index contributed by atoms with van der Waals surface area (Å²) in [4.78, 5) is 10.4. The molecule has 0 aliphatic heterocycles. The maximum Gasteiger partial charge on any atom is 0.328 e. The van der Waals surface area contributed by atoms with Gasteiger partial charge in [0.05, 0.1) is 13.7 Å². The van der Waals surface area contributed by atoms with Gasteiger partial charge in [0.1, 0.15) is 6.61 Å². The number of aliphatic carboxylic acids is 1. The predicted octanol–water partition coefficient (Wildman–Crippen LogP) is 1.16. The molecule has 92 valence electrons. The second kappa shape index (κ2) is 6.55. The first kappa shape index (κ1) is 13.1. The molecule has 0 aliphatic rings. The summed E-state index contributed by atoms with van der Waals surface area (Å²) in [6.07, 6.45) is 2.50. The summed E-state index contributed by atoms with van der Waals surface area (Å²) < 4.78 is 10.3. The van der Waals surface area contributed by atoms with Gasteiger partial charge in [0, 0.05) is 6.08 Å². The molecular formula is C12H14O5. The lowest BCUT2D eigenvalue weighted by atomic mass is 10.2. The maximum absolute atomic E-state index is 10.4. The monoisotopic (exact) mass is 238 g/mol. The Kier molecular flexibility index (Phi) is 5.03. The number of hydrogen-bond acceptors (Lipinski definition) is 4. The van der Waals surface area contributed by atoms with Crippen LogP contribution < -0.4 is 9.47 Å². The summed E-state index contributed by atoms with van der Waals surface area (Å²) in [5.74, 6) is -0.00964. The molecule has 0 fully saturated rings. The number of aliphatic hydroxyl groups is 1. The molecule has 5 heteroatoms. The summed E-state index contributed by atoms with van der Waals surface area (Å²) in [7, 11) is 1.49. The second-order valence-electron chi connectivity index (χ2n) is 3.15. The minimum absolute atomic E-state index is 0.0795. The number of rotatable bonds is 6. The van der Waals surface area contributed by atoms with Crippen LogP contribution in [-0.4, -0.2) is 36.5 Å². The Balaban J connectivity index is 2.87. The highest BCUT2D eigenvalue weighted by molar-refractivity contribution is 5.85. The Bertz CT molecular complexity index is 411. The van der Waals surface area contributed by atoms with Crippen molar-refractivity contribution in [2.45, 2.75) is 0 Å². The molecule has 0 bridgehead atoms. The Morgan fingerprint density at radius 3 is 2.76 bits per heavy atom. The maximum atomic E-state index is 10.4. The zero-order chi connectivity index (χ0) is 12.7. The van der Waals surface area contributed by atoms with Gasteiger partial charge in [-0.15, -0.1) is 0 Å². The van der Waals surface area contributed by atoms with Crippen molar-refractivity contribution in [1.29, 1.82) is 0 Å². The molecule has 1 aromatic rings. The van der Waals surface area contributed by atoms with E-state index in [0.717, 1.165) is 6.08 Å². The number of carboxylic acids is 1. The van der Waals surface area contributed by atoms with E-state index in [9.17, 15) is 4.79 Å². The van der Waals surface area contributed by atoms with Gasteiger partial charge in [-0.2, -0.15) is 0 Å². The number of carboxylic acid groups (broad SMARTS) is 1. The lowest BCUT2D eigenvalue weighted by Crippen LogP contribution is -2.03. The fraction of sp³-hybridized carbons (Fsp3) is 0.250. The van der Waals surface area contributed by atoms with Gasteiger partial charge in [0.25, 0.3) is 0 Å². The van der Waals surface area contributed by atoms with Crippen LogP contribution in [0.1, 0.15) is 5.56 Å². The molecule has 1 aromatic carbocycles. The van der Waals surface area contributed by atoms with Crippen molar-refractivity contribution >= 4 is 12.0 Å². The van der Waals surface area contributed by atoms with Gasteiger partial charge in [0.15, 0.2) is 11.5 Å². The molecule has 17 heavy (non-hydrogen) atoms. The molecule has 0 saturated carbocycles. The standard InChI is InChI=1S/C12H14O5/c1-16-11-8-9(3-5-12(14)15)2-4-10(11)17-7-6-13/h2-5,8,13H,6-7H2,1H3,(H,14,15)/b5-3+. The molecule has 0 saturated heterocycles. The number of ether oxygens (including phenoxy) is 2. The molecule has 0 heterocycles. The Morgan fingerprint density at radius 2 is 2.18 bits per heavy atom. The first-order chi connectivity index (χ1) is 8.17. The molecule has 2 N–H and O–H groups in total. The van der Waals surface area contributed by atoms with Crippen LogP contribution in [0.5, 0.6) is 11.5 Å². The topological polar surface area (TPSA) is 76.0 Å². The average Bonchev–Trinajstić information content (AvgIpc) is 2.34.